The molecule has 0 fully saturated rings. The van der Waals surface area contributed by atoms with Crippen LogP contribution in [0.3, 0.4) is 0 Å². The summed E-state index contributed by atoms with van der Waals surface area (Å²) < 4.78 is 6.30. The van der Waals surface area contributed by atoms with Gasteiger partial charge in [0.15, 0.2) is 23.1 Å². The number of furan rings is 1. The minimum atomic E-state index is 0.616. The third-order valence-corrected chi connectivity index (χ3v) is 8.41. The van der Waals surface area contributed by atoms with Gasteiger partial charge in [-0.3, -0.25) is 9.97 Å². The van der Waals surface area contributed by atoms with E-state index in [0.29, 0.717) is 17.5 Å². The van der Waals surface area contributed by atoms with E-state index in [9.17, 15) is 0 Å². The molecule has 0 aliphatic rings. The van der Waals surface area contributed by atoms with Crippen LogP contribution in [-0.4, -0.2) is 24.9 Å². The summed E-state index contributed by atoms with van der Waals surface area (Å²) in [6, 6.07) is 47.0. The van der Waals surface area contributed by atoms with Crippen LogP contribution in [-0.2, 0) is 0 Å². The molecule has 0 saturated heterocycles. The van der Waals surface area contributed by atoms with E-state index in [1.54, 1.807) is 6.20 Å². The van der Waals surface area contributed by atoms with E-state index < -0.39 is 0 Å². The second-order valence-electron chi connectivity index (χ2n) is 11.4. The lowest BCUT2D eigenvalue weighted by atomic mass is 10.0. The Morgan fingerprint density at radius 2 is 0.936 bits per heavy atom. The lowest BCUT2D eigenvalue weighted by molar-refractivity contribution is 0.667. The van der Waals surface area contributed by atoms with E-state index in [1.165, 1.54) is 0 Å². The molecule has 47 heavy (non-hydrogen) atoms. The molecule has 0 bridgehead atoms. The van der Waals surface area contributed by atoms with Crippen molar-refractivity contribution in [3.8, 4) is 56.7 Å². The molecular weight excluding hydrogens is 578 g/mol. The normalized spacial score (nSPS) is 11.4. The predicted octanol–water partition coefficient (Wildman–Crippen LogP) is 10.0. The van der Waals surface area contributed by atoms with Gasteiger partial charge in [-0.2, -0.15) is 0 Å². The van der Waals surface area contributed by atoms with Crippen molar-refractivity contribution in [3.63, 3.8) is 0 Å². The van der Waals surface area contributed by atoms with E-state index in [-0.39, 0.29) is 0 Å². The van der Waals surface area contributed by atoms with Gasteiger partial charge in [0.1, 0.15) is 5.58 Å². The Morgan fingerprint density at radius 3 is 1.68 bits per heavy atom. The minimum Gasteiger partial charge on any atom is -0.454 e. The summed E-state index contributed by atoms with van der Waals surface area (Å²) in [7, 11) is 0. The summed E-state index contributed by atoms with van der Waals surface area (Å²) in [6.07, 6.45) is 3.68. The maximum atomic E-state index is 6.30. The van der Waals surface area contributed by atoms with Crippen LogP contribution in [0.4, 0.5) is 0 Å². The number of rotatable bonds is 5. The molecule has 0 spiro atoms. The third-order valence-electron chi connectivity index (χ3n) is 8.41. The van der Waals surface area contributed by atoms with Crippen LogP contribution in [0.25, 0.3) is 89.4 Å². The van der Waals surface area contributed by atoms with Crippen molar-refractivity contribution in [3.05, 3.63) is 152 Å². The average Bonchev–Trinajstić information content (AvgIpc) is 3.52. The van der Waals surface area contributed by atoms with Crippen molar-refractivity contribution in [1.29, 1.82) is 0 Å². The van der Waals surface area contributed by atoms with Crippen molar-refractivity contribution in [2.75, 3.05) is 0 Å². The van der Waals surface area contributed by atoms with Crippen LogP contribution in [0.15, 0.2) is 156 Å². The SMILES string of the molecule is c1ccc(-c2nc(-c3ccccc3)nc(-c3cccc(-c4ccc5c(c4)oc4cnc(-c6cc7ccccc7cn6)cc45)c3)n2)cc1. The molecule has 220 valence electrons. The Morgan fingerprint density at radius 1 is 0.362 bits per heavy atom. The Hall–Kier alpha value is -6.53. The molecule has 0 aliphatic heterocycles. The van der Waals surface area contributed by atoms with Crippen LogP contribution in [0.5, 0.6) is 0 Å². The maximum absolute atomic E-state index is 6.30. The average molecular weight is 604 g/mol. The molecule has 9 aromatic rings. The monoisotopic (exact) mass is 603 g/mol. The highest BCUT2D eigenvalue weighted by Crippen LogP contribution is 2.35. The molecule has 0 N–H and O–H groups in total. The van der Waals surface area contributed by atoms with Crippen LogP contribution in [0, 0.1) is 0 Å². The highest BCUT2D eigenvalue weighted by atomic mass is 16.3. The first kappa shape index (κ1) is 26.8. The molecule has 9 rings (SSSR count). The first-order chi connectivity index (χ1) is 23.2. The number of nitrogens with zero attached hydrogens (tertiary/aromatic N) is 5. The van der Waals surface area contributed by atoms with Crippen LogP contribution < -0.4 is 0 Å². The second-order valence-corrected chi connectivity index (χ2v) is 11.4. The lowest BCUT2D eigenvalue weighted by Crippen LogP contribution is -2.00. The first-order valence-corrected chi connectivity index (χ1v) is 15.4. The number of fused-ring (bicyclic) bond motifs is 4. The highest BCUT2D eigenvalue weighted by Gasteiger charge is 2.15. The Bertz CT molecular complexity index is 2520. The van der Waals surface area contributed by atoms with E-state index in [0.717, 1.165) is 71.9 Å². The molecule has 5 aromatic carbocycles. The summed E-state index contributed by atoms with van der Waals surface area (Å²) in [6.45, 7) is 0. The van der Waals surface area contributed by atoms with Crippen molar-refractivity contribution in [2.45, 2.75) is 0 Å². The summed E-state index contributed by atoms with van der Waals surface area (Å²) in [4.78, 5) is 24.0. The fourth-order valence-corrected chi connectivity index (χ4v) is 6.00. The molecule has 6 nitrogen and oxygen atoms in total. The zero-order valence-corrected chi connectivity index (χ0v) is 25.1. The highest BCUT2D eigenvalue weighted by molar-refractivity contribution is 6.06. The molecule has 0 atom stereocenters. The van der Waals surface area contributed by atoms with Crippen LogP contribution in [0.1, 0.15) is 0 Å². The predicted molar refractivity (Wildman–Crippen MR) is 187 cm³/mol. The number of aromatic nitrogens is 5. The van der Waals surface area contributed by atoms with Crippen molar-refractivity contribution in [1.82, 2.24) is 24.9 Å². The molecule has 0 amide bonds. The topological polar surface area (TPSA) is 77.6 Å². The van der Waals surface area contributed by atoms with Crippen LogP contribution >= 0.6 is 0 Å². The minimum absolute atomic E-state index is 0.616. The molecular formula is C41H25N5O. The van der Waals surface area contributed by atoms with Gasteiger partial charge in [0.05, 0.1) is 17.6 Å². The van der Waals surface area contributed by atoms with Crippen molar-refractivity contribution in [2.24, 2.45) is 0 Å². The molecule has 6 heteroatoms. The first-order valence-electron chi connectivity index (χ1n) is 15.4. The van der Waals surface area contributed by atoms with E-state index in [2.05, 4.69) is 64.6 Å². The zero-order valence-electron chi connectivity index (χ0n) is 25.1. The van der Waals surface area contributed by atoms with Gasteiger partial charge in [0.25, 0.3) is 0 Å². The number of hydrogen-bond acceptors (Lipinski definition) is 6. The van der Waals surface area contributed by atoms with Gasteiger partial charge >= 0.3 is 0 Å². The summed E-state index contributed by atoms with van der Waals surface area (Å²) in [5.74, 6) is 1.89. The number of hydrogen-bond donors (Lipinski definition) is 0. The largest absolute Gasteiger partial charge is 0.454 e. The van der Waals surface area contributed by atoms with Gasteiger partial charge < -0.3 is 4.42 Å². The Labute approximate surface area is 270 Å². The third kappa shape index (κ3) is 4.98. The smallest absolute Gasteiger partial charge is 0.164 e. The van der Waals surface area contributed by atoms with E-state index in [4.69, 9.17) is 19.4 Å². The lowest BCUT2D eigenvalue weighted by Gasteiger charge is -2.09. The molecule has 0 aliphatic carbocycles. The molecule has 0 saturated carbocycles. The standard InChI is InChI=1S/C41H25N5O/c1-3-10-26(11-4-1)39-44-40(27-12-5-2-6-13-27)46-41(45-39)31-17-9-16-28(20-31)30-18-19-33-34-23-36(43-25-38(34)47-37(33)22-30)35-21-29-14-7-8-15-32(29)24-42-35/h1-25H. The Balaban J connectivity index is 1.10. The zero-order chi connectivity index (χ0) is 31.2. The van der Waals surface area contributed by atoms with Gasteiger partial charge in [-0.25, -0.2) is 15.0 Å². The molecule has 0 unspecified atom stereocenters. The molecule has 4 aromatic heterocycles. The number of pyridine rings is 2. The van der Waals surface area contributed by atoms with Gasteiger partial charge in [-0.15, -0.1) is 0 Å². The summed E-state index contributed by atoms with van der Waals surface area (Å²) in [5, 5.41) is 4.27. The summed E-state index contributed by atoms with van der Waals surface area (Å²) in [5.41, 5.74) is 8.02. The van der Waals surface area contributed by atoms with Gasteiger partial charge in [-0.1, -0.05) is 109 Å². The number of benzene rings is 5. The second kappa shape index (κ2) is 11.1. The summed E-state index contributed by atoms with van der Waals surface area (Å²) >= 11 is 0. The van der Waals surface area contributed by atoms with E-state index >= 15 is 0 Å². The van der Waals surface area contributed by atoms with E-state index in [1.807, 2.05) is 91.1 Å². The van der Waals surface area contributed by atoms with Crippen molar-refractivity contribution < 1.29 is 4.42 Å². The van der Waals surface area contributed by atoms with Crippen LogP contribution in [0.2, 0.25) is 0 Å². The Kier molecular flexibility index (Phi) is 6.35. The quantitative estimate of drug-likeness (QED) is 0.195. The van der Waals surface area contributed by atoms with Gasteiger partial charge in [0, 0.05) is 39.0 Å². The maximum Gasteiger partial charge on any atom is 0.164 e. The molecule has 0 radical (unpaired) electrons. The van der Waals surface area contributed by atoms with Gasteiger partial charge in [0.2, 0.25) is 0 Å². The molecule has 4 heterocycles. The fourth-order valence-electron chi connectivity index (χ4n) is 6.00. The fraction of sp³-hybridized carbons (Fsp3) is 0. The van der Waals surface area contributed by atoms with Crippen molar-refractivity contribution >= 4 is 32.7 Å². The van der Waals surface area contributed by atoms with Gasteiger partial charge in [-0.05, 0) is 46.8 Å².